The molecule has 0 aliphatic rings. The largest absolute Gasteiger partial charge is 0.352 e. The van der Waals surface area contributed by atoms with Crippen molar-refractivity contribution in [3.63, 3.8) is 0 Å². The van der Waals surface area contributed by atoms with E-state index in [1.165, 1.54) is 12.1 Å². The molecule has 0 heterocycles. The Morgan fingerprint density at radius 1 is 1.05 bits per heavy atom. The van der Waals surface area contributed by atoms with E-state index in [2.05, 4.69) is 5.32 Å². The Kier molecular flexibility index (Phi) is 5.00. The summed E-state index contributed by atoms with van der Waals surface area (Å²) >= 11 is 0. The smallest absolute Gasteiger partial charge is 0.251 e. The van der Waals surface area contributed by atoms with Gasteiger partial charge in [-0.2, -0.15) is 0 Å². The van der Waals surface area contributed by atoms with Gasteiger partial charge in [-0.25, -0.2) is 8.78 Å². The molecular formula is C16H16F2N2O. The Morgan fingerprint density at radius 2 is 1.76 bits per heavy atom. The minimum Gasteiger partial charge on any atom is -0.352 e. The summed E-state index contributed by atoms with van der Waals surface area (Å²) in [7, 11) is 0. The summed E-state index contributed by atoms with van der Waals surface area (Å²) in [6, 6.07) is 10.3. The SMILES string of the molecule is NCc1cccc(C(=O)NCCc2cc(F)cc(F)c2)c1. The van der Waals surface area contributed by atoms with E-state index in [0.717, 1.165) is 11.6 Å². The van der Waals surface area contributed by atoms with E-state index in [4.69, 9.17) is 5.73 Å². The van der Waals surface area contributed by atoms with Crippen molar-refractivity contribution < 1.29 is 13.6 Å². The van der Waals surface area contributed by atoms with Crippen LogP contribution < -0.4 is 11.1 Å². The van der Waals surface area contributed by atoms with E-state index < -0.39 is 11.6 Å². The first-order chi connectivity index (χ1) is 10.1. The van der Waals surface area contributed by atoms with Crippen molar-refractivity contribution in [2.75, 3.05) is 6.54 Å². The number of carbonyl (C=O) groups is 1. The molecule has 0 aromatic heterocycles. The molecule has 0 atom stereocenters. The van der Waals surface area contributed by atoms with Crippen LogP contribution in [0.1, 0.15) is 21.5 Å². The molecule has 0 spiro atoms. The Morgan fingerprint density at radius 3 is 2.43 bits per heavy atom. The molecule has 0 fully saturated rings. The van der Waals surface area contributed by atoms with Crippen molar-refractivity contribution in [1.82, 2.24) is 5.32 Å². The van der Waals surface area contributed by atoms with E-state index in [1.807, 2.05) is 6.07 Å². The maximum absolute atomic E-state index is 13.0. The highest BCUT2D eigenvalue weighted by molar-refractivity contribution is 5.94. The average molecular weight is 290 g/mol. The molecule has 3 N–H and O–H groups in total. The highest BCUT2D eigenvalue weighted by atomic mass is 19.1. The summed E-state index contributed by atoms with van der Waals surface area (Å²) < 4.78 is 26.0. The number of nitrogens with one attached hydrogen (secondary N) is 1. The Balaban J connectivity index is 1.92. The number of rotatable bonds is 5. The second kappa shape index (κ2) is 6.95. The second-order valence-electron chi connectivity index (χ2n) is 4.69. The van der Waals surface area contributed by atoms with Gasteiger partial charge in [0.25, 0.3) is 5.91 Å². The number of hydrogen-bond donors (Lipinski definition) is 2. The summed E-state index contributed by atoms with van der Waals surface area (Å²) in [6.07, 6.45) is 0.358. The van der Waals surface area contributed by atoms with Gasteiger partial charge in [-0.05, 0) is 41.8 Å². The molecule has 0 saturated carbocycles. The molecule has 21 heavy (non-hydrogen) atoms. The van der Waals surface area contributed by atoms with E-state index in [0.29, 0.717) is 30.6 Å². The summed E-state index contributed by atoms with van der Waals surface area (Å²) in [5.74, 6) is -1.47. The maximum atomic E-state index is 13.0. The number of amides is 1. The standard InChI is InChI=1S/C16H16F2N2O/c17-14-7-11(8-15(18)9-14)4-5-20-16(21)13-3-1-2-12(6-13)10-19/h1-3,6-9H,4-5,10,19H2,(H,20,21). The molecule has 0 aliphatic heterocycles. The Hall–Kier alpha value is -2.27. The maximum Gasteiger partial charge on any atom is 0.251 e. The molecule has 2 aromatic rings. The van der Waals surface area contributed by atoms with Crippen molar-refractivity contribution in [2.45, 2.75) is 13.0 Å². The molecule has 2 aromatic carbocycles. The van der Waals surface area contributed by atoms with Gasteiger partial charge in [-0.3, -0.25) is 4.79 Å². The van der Waals surface area contributed by atoms with Gasteiger partial charge >= 0.3 is 0 Å². The molecule has 5 heteroatoms. The van der Waals surface area contributed by atoms with Crippen LogP contribution >= 0.6 is 0 Å². The fourth-order valence-electron chi connectivity index (χ4n) is 2.02. The quantitative estimate of drug-likeness (QED) is 0.888. The number of halogens is 2. The lowest BCUT2D eigenvalue weighted by atomic mass is 10.1. The predicted octanol–water partition coefficient (Wildman–Crippen LogP) is 2.40. The summed E-state index contributed by atoms with van der Waals surface area (Å²) in [6.45, 7) is 0.665. The van der Waals surface area contributed by atoms with Crippen molar-refractivity contribution in [2.24, 2.45) is 5.73 Å². The number of nitrogens with two attached hydrogens (primary N) is 1. The zero-order valence-electron chi connectivity index (χ0n) is 11.4. The Bertz CT molecular complexity index is 624. The van der Waals surface area contributed by atoms with Crippen molar-refractivity contribution in [3.05, 3.63) is 70.8 Å². The molecule has 2 rings (SSSR count). The van der Waals surface area contributed by atoms with Crippen LogP contribution in [-0.2, 0) is 13.0 Å². The van der Waals surface area contributed by atoms with Crippen LogP contribution in [0.25, 0.3) is 0 Å². The molecule has 3 nitrogen and oxygen atoms in total. The fourth-order valence-corrected chi connectivity index (χ4v) is 2.02. The normalized spacial score (nSPS) is 10.4. The molecule has 110 valence electrons. The first-order valence-corrected chi connectivity index (χ1v) is 6.60. The van der Waals surface area contributed by atoms with Crippen LogP contribution in [0, 0.1) is 11.6 Å². The van der Waals surface area contributed by atoms with Crippen LogP contribution in [0.15, 0.2) is 42.5 Å². The molecule has 0 saturated heterocycles. The highest BCUT2D eigenvalue weighted by Gasteiger charge is 2.06. The van der Waals surface area contributed by atoms with Crippen LogP contribution in [-0.4, -0.2) is 12.5 Å². The molecule has 0 bridgehead atoms. The molecule has 0 radical (unpaired) electrons. The lowest BCUT2D eigenvalue weighted by Gasteiger charge is -2.07. The van der Waals surface area contributed by atoms with Crippen LogP contribution in [0.5, 0.6) is 0 Å². The van der Waals surface area contributed by atoms with Gasteiger partial charge in [0.15, 0.2) is 0 Å². The third-order valence-corrected chi connectivity index (χ3v) is 3.05. The number of benzene rings is 2. The summed E-state index contributed by atoms with van der Waals surface area (Å²) in [4.78, 5) is 11.9. The molecular weight excluding hydrogens is 274 g/mol. The molecule has 0 unspecified atom stereocenters. The number of hydrogen-bond acceptors (Lipinski definition) is 2. The first-order valence-electron chi connectivity index (χ1n) is 6.60. The van der Waals surface area contributed by atoms with Crippen LogP contribution in [0.3, 0.4) is 0 Å². The second-order valence-corrected chi connectivity index (χ2v) is 4.69. The van der Waals surface area contributed by atoms with Gasteiger partial charge < -0.3 is 11.1 Å². The van der Waals surface area contributed by atoms with E-state index >= 15 is 0 Å². The van der Waals surface area contributed by atoms with Gasteiger partial charge in [0.1, 0.15) is 11.6 Å². The lowest BCUT2D eigenvalue weighted by molar-refractivity contribution is 0.0954. The lowest BCUT2D eigenvalue weighted by Crippen LogP contribution is -2.25. The highest BCUT2D eigenvalue weighted by Crippen LogP contribution is 2.08. The van der Waals surface area contributed by atoms with E-state index in [-0.39, 0.29) is 5.91 Å². The monoisotopic (exact) mass is 290 g/mol. The summed E-state index contributed by atoms with van der Waals surface area (Å²) in [5, 5.41) is 2.71. The Labute approximate surface area is 121 Å². The zero-order chi connectivity index (χ0) is 15.2. The van der Waals surface area contributed by atoms with Gasteiger partial charge in [0.05, 0.1) is 0 Å². The minimum atomic E-state index is -0.619. The third kappa shape index (κ3) is 4.36. The van der Waals surface area contributed by atoms with E-state index in [9.17, 15) is 13.6 Å². The first kappa shape index (κ1) is 15.1. The minimum absolute atomic E-state index is 0.234. The average Bonchev–Trinajstić information content (AvgIpc) is 2.46. The van der Waals surface area contributed by atoms with E-state index in [1.54, 1.807) is 18.2 Å². The summed E-state index contributed by atoms with van der Waals surface area (Å²) in [5.41, 5.74) is 7.41. The zero-order valence-corrected chi connectivity index (χ0v) is 11.4. The topological polar surface area (TPSA) is 55.1 Å². The number of carbonyl (C=O) groups excluding carboxylic acids is 1. The van der Waals surface area contributed by atoms with Crippen LogP contribution in [0.2, 0.25) is 0 Å². The van der Waals surface area contributed by atoms with Crippen LogP contribution in [0.4, 0.5) is 8.78 Å². The van der Waals surface area contributed by atoms with Crippen molar-refractivity contribution in [1.29, 1.82) is 0 Å². The van der Waals surface area contributed by atoms with Gasteiger partial charge in [-0.1, -0.05) is 12.1 Å². The van der Waals surface area contributed by atoms with Gasteiger partial charge in [0.2, 0.25) is 0 Å². The van der Waals surface area contributed by atoms with Crippen molar-refractivity contribution in [3.8, 4) is 0 Å². The third-order valence-electron chi connectivity index (χ3n) is 3.05. The van der Waals surface area contributed by atoms with Crippen molar-refractivity contribution >= 4 is 5.91 Å². The van der Waals surface area contributed by atoms with Gasteiger partial charge in [0, 0.05) is 24.7 Å². The van der Waals surface area contributed by atoms with Gasteiger partial charge in [-0.15, -0.1) is 0 Å². The molecule has 1 amide bonds. The fraction of sp³-hybridized carbons (Fsp3) is 0.188. The molecule has 0 aliphatic carbocycles. The predicted molar refractivity (Wildman–Crippen MR) is 76.7 cm³/mol.